The van der Waals surface area contributed by atoms with Gasteiger partial charge in [0.25, 0.3) is 0 Å². The van der Waals surface area contributed by atoms with Crippen LogP contribution in [0.25, 0.3) is 0 Å². The zero-order valence-corrected chi connectivity index (χ0v) is 12.2. The fourth-order valence-corrected chi connectivity index (χ4v) is 3.70. The van der Waals surface area contributed by atoms with Crippen LogP contribution in [0.2, 0.25) is 0 Å². The monoisotopic (exact) mass is 277 g/mol. The summed E-state index contributed by atoms with van der Waals surface area (Å²) in [6, 6.07) is 5.15. The van der Waals surface area contributed by atoms with E-state index in [2.05, 4.69) is 12.2 Å². The summed E-state index contributed by atoms with van der Waals surface area (Å²) < 4.78 is 19.7. The Morgan fingerprint density at radius 1 is 1.25 bits per heavy atom. The molecule has 1 heterocycles. The first kappa shape index (κ1) is 13.9. The third kappa shape index (κ3) is 2.83. The molecular weight excluding hydrogens is 253 g/mol. The maximum atomic E-state index is 13.5. The van der Waals surface area contributed by atoms with Gasteiger partial charge in [-0.15, -0.1) is 0 Å². The highest BCUT2D eigenvalue weighted by Gasteiger charge is 2.33. The van der Waals surface area contributed by atoms with Gasteiger partial charge in [0.05, 0.1) is 0 Å². The van der Waals surface area contributed by atoms with E-state index in [4.69, 9.17) is 4.74 Å². The standard InChI is InChI=1S/C17H24FNO/c1-2-19-15-11-17(12-6-4-3-5-7-12)20-16-9-8-13(18)10-14(15)16/h8-10,12,15,17,19H,2-7,11H2,1H3. The highest BCUT2D eigenvalue weighted by atomic mass is 19.1. The number of hydrogen-bond donors (Lipinski definition) is 1. The molecule has 1 saturated carbocycles. The van der Waals surface area contributed by atoms with Crippen LogP contribution in [0, 0.1) is 11.7 Å². The van der Waals surface area contributed by atoms with Crippen molar-refractivity contribution in [2.45, 2.75) is 57.6 Å². The highest BCUT2D eigenvalue weighted by Crippen LogP contribution is 2.40. The van der Waals surface area contributed by atoms with E-state index in [1.807, 2.05) is 0 Å². The van der Waals surface area contributed by atoms with Gasteiger partial charge >= 0.3 is 0 Å². The molecule has 2 unspecified atom stereocenters. The van der Waals surface area contributed by atoms with E-state index >= 15 is 0 Å². The van der Waals surface area contributed by atoms with Crippen LogP contribution >= 0.6 is 0 Å². The fraction of sp³-hybridized carbons (Fsp3) is 0.647. The summed E-state index contributed by atoms with van der Waals surface area (Å²) in [5.41, 5.74) is 0.985. The van der Waals surface area contributed by atoms with Crippen molar-refractivity contribution in [3.63, 3.8) is 0 Å². The summed E-state index contributed by atoms with van der Waals surface area (Å²) in [5.74, 6) is 1.37. The third-order valence-corrected chi connectivity index (χ3v) is 4.72. The smallest absolute Gasteiger partial charge is 0.124 e. The average molecular weight is 277 g/mol. The molecule has 1 aromatic rings. The Morgan fingerprint density at radius 2 is 2.05 bits per heavy atom. The first-order chi connectivity index (χ1) is 9.78. The number of ether oxygens (including phenoxy) is 1. The van der Waals surface area contributed by atoms with Crippen molar-refractivity contribution in [3.05, 3.63) is 29.6 Å². The molecule has 1 aliphatic heterocycles. The zero-order valence-electron chi connectivity index (χ0n) is 12.2. The summed E-state index contributed by atoms with van der Waals surface area (Å²) in [6.07, 6.45) is 7.83. The molecule has 110 valence electrons. The molecule has 1 aromatic carbocycles. The quantitative estimate of drug-likeness (QED) is 0.893. The lowest BCUT2D eigenvalue weighted by molar-refractivity contribution is 0.0729. The van der Waals surface area contributed by atoms with Gasteiger partial charge in [0.15, 0.2) is 0 Å². The number of halogens is 1. The van der Waals surface area contributed by atoms with Crippen LogP contribution in [-0.4, -0.2) is 12.6 Å². The molecule has 0 aromatic heterocycles. The first-order valence-corrected chi connectivity index (χ1v) is 7.97. The minimum absolute atomic E-state index is 0.175. The molecule has 20 heavy (non-hydrogen) atoms. The van der Waals surface area contributed by atoms with E-state index in [1.54, 1.807) is 12.1 Å². The molecule has 0 radical (unpaired) electrons. The van der Waals surface area contributed by atoms with Gasteiger partial charge in [-0.2, -0.15) is 0 Å². The molecule has 1 aliphatic carbocycles. The molecule has 2 nitrogen and oxygen atoms in total. The van der Waals surface area contributed by atoms with Crippen molar-refractivity contribution in [1.82, 2.24) is 5.32 Å². The van der Waals surface area contributed by atoms with Crippen molar-refractivity contribution in [2.75, 3.05) is 6.54 Å². The van der Waals surface area contributed by atoms with E-state index in [-0.39, 0.29) is 18.0 Å². The van der Waals surface area contributed by atoms with Gasteiger partial charge in [-0.1, -0.05) is 26.2 Å². The SMILES string of the molecule is CCNC1CC(C2CCCCC2)Oc2ccc(F)cc21. The molecule has 1 N–H and O–H groups in total. The zero-order chi connectivity index (χ0) is 13.9. The second-order valence-electron chi connectivity index (χ2n) is 6.08. The Hall–Kier alpha value is -1.09. The first-order valence-electron chi connectivity index (χ1n) is 7.97. The summed E-state index contributed by atoms with van der Waals surface area (Å²) in [4.78, 5) is 0. The molecule has 0 spiro atoms. The van der Waals surface area contributed by atoms with Gasteiger partial charge in [-0.05, 0) is 43.5 Å². The minimum Gasteiger partial charge on any atom is -0.490 e. The van der Waals surface area contributed by atoms with Crippen LogP contribution in [0.1, 0.15) is 57.1 Å². The molecule has 0 bridgehead atoms. The molecule has 3 heteroatoms. The van der Waals surface area contributed by atoms with Crippen LogP contribution in [-0.2, 0) is 0 Å². The number of nitrogens with one attached hydrogen (secondary N) is 1. The maximum Gasteiger partial charge on any atom is 0.124 e. The van der Waals surface area contributed by atoms with Gasteiger partial charge in [-0.25, -0.2) is 4.39 Å². The van der Waals surface area contributed by atoms with E-state index in [0.29, 0.717) is 5.92 Å². The summed E-state index contributed by atoms with van der Waals surface area (Å²) in [7, 11) is 0. The normalized spacial score (nSPS) is 26.9. The van der Waals surface area contributed by atoms with E-state index < -0.39 is 0 Å². The van der Waals surface area contributed by atoms with Crippen LogP contribution in [0.5, 0.6) is 5.75 Å². The second kappa shape index (κ2) is 6.13. The van der Waals surface area contributed by atoms with Gasteiger partial charge < -0.3 is 10.1 Å². The predicted molar refractivity (Wildman–Crippen MR) is 78.4 cm³/mol. The Labute approximate surface area is 120 Å². The Balaban J connectivity index is 1.82. The summed E-state index contributed by atoms with van der Waals surface area (Å²) >= 11 is 0. The Morgan fingerprint density at radius 3 is 2.80 bits per heavy atom. The molecule has 2 aliphatic rings. The molecule has 2 atom stereocenters. The van der Waals surface area contributed by atoms with Crippen LogP contribution in [0.15, 0.2) is 18.2 Å². The topological polar surface area (TPSA) is 21.3 Å². The summed E-state index contributed by atoms with van der Waals surface area (Å²) in [5, 5.41) is 3.49. The largest absolute Gasteiger partial charge is 0.490 e. The van der Waals surface area contributed by atoms with Crippen molar-refractivity contribution < 1.29 is 9.13 Å². The third-order valence-electron chi connectivity index (χ3n) is 4.72. The minimum atomic E-state index is -0.175. The van der Waals surface area contributed by atoms with Crippen LogP contribution in [0.4, 0.5) is 4.39 Å². The summed E-state index contributed by atoms with van der Waals surface area (Å²) in [6.45, 7) is 3.00. The van der Waals surface area contributed by atoms with Crippen molar-refractivity contribution in [1.29, 1.82) is 0 Å². The number of benzene rings is 1. The highest BCUT2D eigenvalue weighted by molar-refractivity contribution is 5.38. The van der Waals surface area contributed by atoms with Crippen molar-refractivity contribution >= 4 is 0 Å². The van der Waals surface area contributed by atoms with Gasteiger partial charge in [0.1, 0.15) is 17.7 Å². The van der Waals surface area contributed by atoms with E-state index in [9.17, 15) is 4.39 Å². The lowest BCUT2D eigenvalue weighted by Gasteiger charge is -2.38. The second-order valence-corrected chi connectivity index (χ2v) is 6.08. The molecule has 3 rings (SSSR count). The van der Waals surface area contributed by atoms with E-state index in [0.717, 1.165) is 24.3 Å². The molecule has 0 amide bonds. The maximum absolute atomic E-state index is 13.5. The van der Waals surface area contributed by atoms with Crippen molar-refractivity contribution in [3.8, 4) is 5.75 Å². The van der Waals surface area contributed by atoms with Gasteiger partial charge in [0.2, 0.25) is 0 Å². The van der Waals surface area contributed by atoms with Gasteiger partial charge in [-0.3, -0.25) is 0 Å². The lowest BCUT2D eigenvalue weighted by atomic mass is 9.81. The number of rotatable bonds is 3. The Kier molecular flexibility index (Phi) is 4.25. The van der Waals surface area contributed by atoms with Crippen LogP contribution < -0.4 is 10.1 Å². The number of hydrogen-bond acceptors (Lipinski definition) is 2. The molecule has 0 saturated heterocycles. The fourth-order valence-electron chi connectivity index (χ4n) is 3.70. The average Bonchev–Trinajstić information content (AvgIpc) is 2.49. The molecule has 1 fully saturated rings. The van der Waals surface area contributed by atoms with Gasteiger partial charge in [0, 0.05) is 18.0 Å². The number of fused-ring (bicyclic) bond motifs is 1. The van der Waals surface area contributed by atoms with E-state index in [1.165, 1.54) is 38.2 Å². The predicted octanol–water partition coefficient (Wildman–Crippen LogP) is 4.21. The van der Waals surface area contributed by atoms with Crippen molar-refractivity contribution in [2.24, 2.45) is 5.92 Å². The molecular formula is C17H24FNO. The lowest BCUT2D eigenvalue weighted by Crippen LogP contribution is -2.38. The van der Waals surface area contributed by atoms with Crippen LogP contribution in [0.3, 0.4) is 0 Å². The Bertz CT molecular complexity index is 456.